The lowest BCUT2D eigenvalue weighted by Crippen LogP contribution is -2.39. The molecule has 3 nitrogen and oxygen atoms in total. The standard InChI is InChI=1S/C14H17BrFNO2/c1-13(2,3)19-12(18)17-14(7-8-14)9-5-4-6-10(16)11(9)15/h4-6H,7-8H2,1-3H3,(H,17,18). The number of halogens is 2. The zero-order valence-electron chi connectivity index (χ0n) is 11.2. The summed E-state index contributed by atoms with van der Waals surface area (Å²) in [5.74, 6) is -0.324. The van der Waals surface area contributed by atoms with Gasteiger partial charge in [0, 0.05) is 0 Å². The van der Waals surface area contributed by atoms with E-state index in [1.165, 1.54) is 6.07 Å². The van der Waals surface area contributed by atoms with Gasteiger partial charge in [-0.2, -0.15) is 0 Å². The van der Waals surface area contributed by atoms with Gasteiger partial charge in [0.25, 0.3) is 0 Å². The highest BCUT2D eigenvalue weighted by Crippen LogP contribution is 2.48. The van der Waals surface area contributed by atoms with E-state index in [4.69, 9.17) is 4.74 Å². The predicted octanol–water partition coefficient (Wildman–Crippen LogP) is 4.10. The molecule has 0 radical (unpaired) electrons. The van der Waals surface area contributed by atoms with Gasteiger partial charge in [0.1, 0.15) is 11.4 Å². The molecule has 1 N–H and O–H groups in total. The zero-order chi connectivity index (χ0) is 14.3. The van der Waals surface area contributed by atoms with E-state index in [1.54, 1.807) is 6.07 Å². The molecule has 2 rings (SSSR count). The second kappa shape index (κ2) is 4.78. The Labute approximate surface area is 120 Å². The van der Waals surface area contributed by atoms with E-state index in [1.807, 2.05) is 26.8 Å². The van der Waals surface area contributed by atoms with Crippen LogP contribution in [0.3, 0.4) is 0 Å². The van der Waals surface area contributed by atoms with Gasteiger partial charge in [-0.05, 0) is 61.2 Å². The number of alkyl carbamates (subject to hydrolysis) is 1. The van der Waals surface area contributed by atoms with Gasteiger partial charge in [-0.1, -0.05) is 12.1 Å². The molecule has 0 saturated heterocycles. The Kier molecular flexibility index (Phi) is 3.60. The Hall–Kier alpha value is -1.10. The third-order valence-electron chi connectivity index (χ3n) is 2.96. The van der Waals surface area contributed by atoms with Crippen molar-refractivity contribution in [1.29, 1.82) is 0 Å². The summed E-state index contributed by atoms with van der Waals surface area (Å²) in [6.07, 6.45) is 1.10. The highest BCUT2D eigenvalue weighted by Gasteiger charge is 2.48. The Morgan fingerprint density at radius 1 is 1.42 bits per heavy atom. The minimum absolute atomic E-state index is 0.324. The van der Waals surface area contributed by atoms with E-state index >= 15 is 0 Å². The summed E-state index contributed by atoms with van der Waals surface area (Å²) in [5.41, 5.74) is -0.277. The first-order valence-corrected chi connectivity index (χ1v) is 6.98. The van der Waals surface area contributed by atoms with Gasteiger partial charge >= 0.3 is 6.09 Å². The monoisotopic (exact) mass is 329 g/mol. The first kappa shape index (κ1) is 14.3. The van der Waals surface area contributed by atoms with Crippen molar-refractivity contribution >= 4 is 22.0 Å². The Bertz CT molecular complexity index is 507. The quantitative estimate of drug-likeness (QED) is 0.886. The van der Waals surface area contributed by atoms with Crippen molar-refractivity contribution in [2.75, 3.05) is 0 Å². The van der Waals surface area contributed by atoms with Crippen molar-refractivity contribution in [3.63, 3.8) is 0 Å². The number of carbonyl (C=O) groups is 1. The molecule has 19 heavy (non-hydrogen) atoms. The summed E-state index contributed by atoms with van der Waals surface area (Å²) in [6, 6.07) is 4.85. The van der Waals surface area contributed by atoms with Crippen molar-refractivity contribution in [3.05, 3.63) is 34.1 Å². The summed E-state index contributed by atoms with van der Waals surface area (Å²) in [5, 5.41) is 2.85. The smallest absolute Gasteiger partial charge is 0.408 e. The number of amides is 1. The molecule has 1 aromatic carbocycles. The van der Waals surface area contributed by atoms with Gasteiger partial charge in [0.15, 0.2) is 0 Å². The molecule has 5 heteroatoms. The third-order valence-corrected chi connectivity index (χ3v) is 3.76. The van der Waals surface area contributed by atoms with Gasteiger partial charge in [-0.25, -0.2) is 9.18 Å². The average Bonchev–Trinajstić information content (AvgIpc) is 3.00. The molecule has 0 bridgehead atoms. The van der Waals surface area contributed by atoms with Crippen molar-refractivity contribution in [2.45, 2.75) is 44.8 Å². The van der Waals surface area contributed by atoms with Crippen molar-refractivity contribution in [2.24, 2.45) is 0 Å². The van der Waals surface area contributed by atoms with E-state index in [0.29, 0.717) is 4.47 Å². The fourth-order valence-corrected chi connectivity index (χ4v) is 2.60. The number of rotatable bonds is 2. The number of hydrogen-bond acceptors (Lipinski definition) is 2. The van der Waals surface area contributed by atoms with Crippen LogP contribution in [-0.4, -0.2) is 11.7 Å². The first-order valence-electron chi connectivity index (χ1n) is 6.19. The van der Waals surface area contributed by atoms with Crippen LogP contribution in [0.4, 0.5) is 9.18 Å². The van der Waals surface area contributed by atoms with Crippen molar-refractivity contribution < 1.29 is 13.9 Å². The molecule has 1 aliphatic rings. The molecule has 0 aromatic heterocycles. The van der Waals surface area contributed by atoms with Crippen LogP contribution in [0.5, 0.6) is 0 Å². The van der Waals surface area contributed by atoms with E-state index in [9.17, 15) is 9.18 Å². The molecule has 1 aliphatic carbocycles. The highest BCUT2D eigenvalue weighted by atomic mass is 79.9. The highest BCUT2D eigenvalue weighted by molar-refractivity contribution is 9.10. The maximum Gasteiger partial charge on any atom is 0.408 e. The Morgan fingerprint density at radius 3 is 2.58 bits per heavy atom. The first-order chi connectivity index (χ1) is 8.73. The lowest BCUT2D eigenvalue weighted by molar-refractivity contribution is 0.0495. The molecule has 0 heterocycles. The van der Waals surface area contributed by atoms with Gasteiger partial charge in [0.2, 0.25) is 0 Å². The van der Waals surface area contributed by atoms with Crippen molar-refractivity contribution in [3.8, 4) is 0 Å². The number of nitrogens with one attached hydrogen (secondary N) is 1. The molecular weight excluding hydrogens is 313 g/mol. The Balaban J connectivity index is 2.16. The minimum atomic E-state index is -0.542. The number of hydrogen-bond donors (Lipinski definition) is 1. The average molecular weight is 330 g/mol. The molecule has 1 aromatic rings. The molecule has 1 saturated carbocycles. The van der Waals surface area contributed by atoms with Gasteiger partial charge in [0.05, 0.1) is 10.0 Å². The van der Waals surface area contributed by atoms with Crippen LogP contribution in [0, 0.1) is 5.82 Å². The summed E-state index contributed by atoms with van der Waals surface area (Å²) in [7, 11) is 0. The van der Waals surface area contributed by atoms with Crippen LogP contribution in [0.15, 0.2) is 22.7 Å². The lowest BCUT2D eigenvalue weighted by Gasteiger charge is -2.24. The summed E-state index contributed by atoms with van der Waals surface area (Å²) < 4.78 is 19.2. The van der Waals surface area contributed by atoms with Crippen LogP contribution in [0.2, 0.25) is 0 Å². The van der Waals surface area contributed by atoms with Crippen LogP contribution < -0.4 is 5.32 Å². The Morgan fingerprint density at radius 2 is 2.05 bits per heavy atom. The topological polar surface area (TPSA) is 38.3 Å². The SMILES string of the molecule is CC(C)(C)OC(=O)NC1(c2cccc(F)c2Br)CC1. The molecule has 0 atom stereocenters. The number of benzene rings is 1. The summed E-state index contributed by atoms with van der Waals surface area (Å²) in [4.78, 5) is 11.8. The van der Waals surface area contributed by atoms with Crippen LogP contribution in [0.25, 0.3) is 0 Å². The van der Waals surface area contributed by atoms with Crippen molar-refractivity contribution in [1.82, 2.24) is 5.32 Å². The molecular formula is C14H17BrFNO2. The van der Waals surface area contributed by atoms with E-state index in [0.717, 1.165) is 18.4 Å². The number of carbonyl (C=O) groups excluding carboxylic acids is 1. The fraction of sp³-hybridized carbons (Fsp3) is 0.500. The maximum absolute atomic E-state index is 13.6. The minimum Gasteiger partial charge on any atom is -0.444 e. The van der Waals surface area contributed by atoms with Gasteiger partial charge in [-0.15, -0.1) is 0 Å². The van der Waals surface area contributed by atoms with Gasteiger partial charge < -0.3 is 10.1 Å². The van der Waals surface area contributed by atoms with E-state index < -0.39 is 17.2 Å². The van der Waals surface area contributed by atoms with Crippen LogP contribution in [-0.2, 0) is 10.3 Å². The molecule has 0 aliphatic heterocycles. The lowest BCUT2D eigenvalue weighted by atomic mass is 10.1. The molecule has 1 amide bonds. The molecule has 1 fully saturated rings. The summed E-state index contributed by atoms with van der Waals surface area (Å²) >= 11 is 3.24. The largest absolute Gasteiger partial charge is 0.444 e. The second-order valence-electron chi connectivity index (χ2n) is 5.81. The second-order valence-corrected chi connectivity index (χ2v) is 6.60. The molecule has 104 valence electrons. The maximum atomic E-state index is 13.6. The van der Waals surface area contributed by atoms with E-state index in [2.05, 4.69) is 21.2 Å². The normalized spacial score (nSPS) is 16.9. The zero-order valence-corrected chi connectivity index (χ0v) is 12.8. The van der Waals surface area contributed by atoms with Crippen LogP contribution in [0.1, 0.15) is 39.2 Å². The predicted molar refractivity (Wildman–Crippen MR) is 74.4 cm³/mol. The molecule has 0 unspecified atom stereocenters. The summed E-state index contributed by atoms with van der Waals surface area (Å²) in [6.45, 7) is 5.43. The van der Waals surface area contributed by atoms with Gasteiger partial charge in [-0.3, -0.25) is 0 Å². The van der Waals surface area contributed by atoms with E-state index in [-0.39, 0.29) is 5.82 Å². The third kappa shape index (κ3) is 3.26. The molecule has 0 spiro atoms. The number of ether oxygens (including phenoxy) is 1. The fourth-order valence-electron chi connectivity index (χ4n) is 1.96. The van der Waals surface area contributed by atoms with Crippen LogP contribution >= 0.6 is 15.9 Å².